The Bertz CT molecular complexity index is 295. The summed E-state index contributed by atoms with van der Waals surface area (Å²) in [4.78, 5) is 2.08. The van der Waals surface area contributed by atoms with Crippen LogP contribution in [0.25, 0.3) is 0 Å². The minimum atomic E-state index is -0.265. The zero-order chi connectivity index (χ0) is 12.0. The molecule has 0 amide bonds. The molecule has 3 heteroatoms. The second-order valence-corrected chi connectivity index (χ2v) is 4.33. The zero-order valence-electron chi connectivity index (χ0n) is 10.2. The molecule has 0 aliphatic carbocycles. The van der Waals surface area contributed by atoms with E-state index in [-0.39, 0.29) is 6.10 Å². The van der Waals surface area contributed by atoms with Crippen LogP contribution in [0.1, 0.15) is 18.4 Å². The lowest BCUT2D eigenvalue weighted by Crippen LogP contribution is -2.14. The molecule has 0 heterocycles. The third-order valence-electron chi connectivity index (χ3n) is 2.72. The first-order valence-electron chi connectivity index (χ1n) is 5.78. The van der Waals surface area contributed by atoms with Gasteiger partial charge in [-0.25, -0.2) is 0 Å². The van der Waals surface area contributed by atoms with Crippen molar-refractivity contribution in [3.63, 3.8) is 0 Å². The lowest BCUT2D eigenvalue weighted by Gasteiger charge is -2.13. The van der Waals surface area contributed by atoms with Crippen molar-refractivity contribution in [2.45, 2.75) is 25.4 Å². The van der Waals surface area contributed by atoms with Gasteiger partial charge in [-0.15, -0.1) is 0 Å². The maximum Gasteiger partial charge on any atom is 0.0555 e. The van der Waals surface area contributed by atoms with Gasteiger partial charge in [-0.1, -0.05) is 12.1 Å². The molecule has 3 N–H and O–H groups in total. The van der Waals surface area contributed by atoms with Crippen LogP contribution in [0.2, 0.25) is 0 Å². The van der Waals surface area contributed by atoms with E-state index >= 15 is 0 Å². The highest BCUT2D eigenvalue weighted by molar-refractivity contribution is 5.45. The minimum Gasteiger partial charge on any atom is -0.393 e. The van der Waals surface area contributed by atoms with Crippen LogP contribution in [0, 0.1) is 0 Å². The van der Waals surface area contributed by atoms with Crippen molar-refractivity contribution in [3.05, 3.63) is 29.8 Å². The lowest BCUT2D eigenvalue weighted by molar-refractivity contribution is 0.157. The highest BCUT2D eigenvalue weighted by atomic mass is 16.3. The van der Waals surface area contributed by atoms with Crippen molar-refractivity contribution in [1.29, 1.82) is 0 Å². The van der Waals surface area contributed by atoms with Crippen LogP contribution >= 0.6 is 0 Å². The van der Waals surface area contributed by atoms with Gasteiger partial charge in [0.05, 0.1) is 6.10 Å². The predicted molar refractivity (Wildman–Crippen MR) is 68.8 cm³/mol. The van der Waals surface area contributed by atoms with Gasteiger partial charge in [0.15, 0.2) is 0 Å². The zero-order valence-corrected chi connectivity index (χ0v) is 10.2. The summed E-state index contributed by atoms with van der Waals surface area (Å²) in [5.41, 5.74) is 7.85. The lowest BCUT2D eigenvalue weighted by atomic mass is 10.0. The van der Waals surface area contributed by atoms with Crippen LogP contribution in [0.15, 0.2) is 24.3 Å². The fraction of sp³-hybridized carbons (Fsp3) is 0.538. The molecular weight excluding hydrogens is 200 g/mol. The molecule has 0 radical (unpaired) electrons. The van der Waals surface area contributed by atoms with Crippen molar-refractivity contribution < 1.29 is 5.11 Å². The molecule has 0 aliphatic rings. The van der Waals surface area contributed by atoms with Crippen LogP contribution < -0.4 is 10.6 Å². The molecule has 0 bridgehead atoms. The SMILES string of the molecule is CN(C)c1ccc(CCC(O)CCN)cc1. The summed E-state index contributed by atoms with van der Waals surface area (Å²) in [5, 5.41) is 9.57. The quantitative estimate of drug-likeness (QED) is 0.765. The number of aliphatic hydroxyl groups is 1. The van der Waals surface area contributed by atoms with E-state index < -0.39 is 0 Å². The number of hydrogen-bond acceptors (Lipinski definition) is 3. The standard InChI is InChI=1S/C13H22N2O/c1-15(2)12-6-3-11(4-7-12)5-8-13(16)9-10-14/h3-4,6-7,13,16H,5,8-10,14H2,1-2H3. The average molecular weight is 222 g/mol. The molecule has 1 atom stereocenters. The topological polar surface area (TPSA) is 49.5 Å². The maximum atomic E-state index is 9.57. The Balaban J connectivity index is 2.43. The van der Waals surface area contributed by atoms with Crippen molar-refractivity contribution >= 4 is 5.69 Å². The minimum absolute atomic E-state index is 0.265. The van der Waals surface area contributed by atoms with Crippen LogP contribution in [-0.2, 0) is 6.42 Å². The van der Waals surface area contributed by atoms with Gasteiger partial charge in [0.25, 0.3) is 0 Å². The molecule has 0 saturated heterocycles. The molecule has 1 unspecified atom stereocenters. The fourth-order valence-electron chi connectivity index (χ4n) is 1.63. The van der Waals surface area contributed by atoms with Crippen LogP contribution in [0.5, 0.6) is 0 Å². The van der Waals surface area contributed by atoms with E-state index in [1.54, 1.807) is 0 Å². The Kier molecular flexibility index (Phi) is 5.29. The molecule has 0 spiro atoms. The smallest absolute Gasteiger partial charge is 0.0555 e. The normalized spacial score (nSPS) is 12.5. The number of hydrogen-bond donors (Lipinski definition) is 2. The summed E-state index contributed by atoms with van der Waals surface area (Å²) in [6, 6.07) is 8.43. The Labute approximate surface area is 97.9 Å². The second-order valence-electron chi connectivity index (χ2n) is 4.33. The molecule has 0 fully saturated rings. The largest absolute Gasteiger partial charge is 0.393 e. The number of aliphatic hydroxyl groups excluding tert-OH is 1. The van der Waals surface area contributed by atoms with Gasteiger partial charge < -0.3 is 15.7 Å². The third kappa shape index (κ3) is 4.21. The van der Waals surface area contributed by atoms with E-state index in [0.717, 1.165) is 12.8 Å². The first-order chi connectivity index (χ1) is 7.63. The molecule has 16 heavy (non-hydrogen) atoms. The van der Waals surface area contributed by atoms with E-state index in [2.05, 4.69) is 29.2 Å². The third-order valence-corrected chi connectivity index (χ3v) is 2.72. The van der Waals surface area contributed by atoms with Crippen LogP contribution in [-0.4, -0.2) is 31.9 Å². The van der Waals surface area contributed by atoms with Gasteiger partial charge in [0, 0.05) is 19.8 Å². The van der Waals surface area contributed by atoms with E-state index in [1.165, 1.54) is 11.3 Å². The van der Waals surface area contributed by atoms with Crippen molar-refractivity contribution in [1.82, 2.24) is 0 Å². The Morgan fingerprint density at radius 1 is 1.19 bits per heavy atom. The summed E-state index contributed by atoms with van der Waals surface area (Å²) in [6.45, 7) is 0.556. The molecular formula is C13H22N2O. The Hall–Kier alpha value is -1.06. The summed E-state index contributed by atoms with van der Waals surface area (Å²) in [5.74, 6) is 0. The number of anilines is 1. The van der Waals surface area contributed by atoms with Gasteiger partial charge in [0.2, 0.25) is 0 Å². The molecule has 90 valence electrons. The van der Waals surface area contributed by atoms with Gasteiger partial charge in [-0.2, -0.15) is 0 Å². The number of aryl methyl sites for hydroxylation is 1. The van der Waals surface area contributed by atoms with E-state index in [1.807, 2.05) is 14.1 Å². The summed E-state index contributed by atoms with van der Waals surface area (Å²) in [6.07, 6.45) is 2.13. The van der Waals surface area contributed by atoms with E-state index in [4.69, 9.17) is 5.73 Å². The van der Waals surface area contributed by atoms with Crippen molar-refractivity contribution in [2.75, 3.05) is 25.5 Å². The molecule has 1 aromatic carbocycles. The first kappa shape index (κ1) is 13.0. The van der Waals surface area contributed by atoms with Crippen molar-refractivity contribution in [3.8, 4) is 0 Å². The maximum absolute atomic E-state index is 9.57. The van der Waals surface area contributed by atoms with Gasteiger partial charge >= 0.3 is 0 Å². The Morgan fingerprint density at radius 3 is 2.31 bits per heavy atom. The average Bonchev–Trinajstić information content (AvgIpc) is 2.27. The van der Waals surface area contributed by atoms with E-state index in [9.17, 15) is 5.11 Å². The van der Waals surface area contributed by atoms with Crippen molar-refractivity contribution in [2.24, 2.45) is 5.73 Å². The summed E-state index contributed by atoms with van der Waals surface area (Å²) in [7, 11) is 4.06. The van der Waals surface area contributed by atoms with E-state index in [0.29, 0.717) is 13.0 Å². The monoisotopic (exact) mass is 222 g/mol. The molecule has 0 aromatic heterocycles. The van der Waals surface area contributed by atoms with Gasteiger partial charge in [-0.05, 0) is 43.5 Å². The van der Waals surface area contributed by atoms with Gasteiger partial charge in [0.1, 0.15) is 0 Å². The summed E-state index contributed by atoms with van der Waals surface area (Å²) < 4.78 is 0. The highest BCUT2D eigenvalue weighted by Gasteiger charge is 2.03. The molecule has 3 nitrogen and oxygen atoms in total. The summed E-state index contributed by atoms with van der Waals surface area (Å²) >= 11 is 0. The first-order valence-corrected chi connectivity index (χ1v) is 5.78. The van der Waals surface area contributed by atoms with Crippen LogP contribution in [0.4, 0.5) is 5.69 Å². The van der Waals surface area contributed by atoms with Crippen LogP contribution in [0.3, 0.4) is 0 Å². The van der Waals surface area contributed by atoms with Gasteiger partial charge in [-0.3, -0.25) is 0 Å². The number of rotatable bonds is 6. The fourth-order valence-corrected chi connectivity index (χ4v) is 1.63. The Morgan fingerprint density at radius 2 is 1.81 bits per heavy atom. The predicted octanol–water partition coefficient (Wildman–Crippen LogP) is 1.39. The number of nitrogens with zero attached hydrogens (tertiary/aromatic N) is 1. The molecule has 1 aromatic rings. The molecule has 0 aliphatic heterocycles. The molecule has 0 saturated carbocycles. The number of nitrogens with two attached hydrogens (primary N) is 1. The number of benzene rings is 1. The second kappa shape index (κ2) is 6.51. The highest BCUT2D eigenvalue weighted by Crippen LogP contribution is 2.14. The molecule has 1 rings (SSSR count).